The number of carbonyl (C=O) groups excluding carboxylic acids is 2. The van der Waals surface area contributed by atoms with E-state index in [1.807, 2.05) is 32.0 Å². The molecular weight excluding hydrogens is 398 g/mol. The Morgan fingerprint density at radius 3 is 2.26 bits per heavy atom. The minimum Gasteiger partial charge on any atom is -0.388 e. The van der Waals surface area contributed by atoms with E-state index in [9.17, 15) is 19.8 Å². The normalized spacial score (nSPS) is 26.4. The topological polar surface area (TPSA) is 102 Å². The summed E-state index contributed by atoms with van der Waals surface area (Å²) < 4.78 is 5.76. The molecule has 0 radical (unpaired) electrons. The number of benzene rings is 1. The molecule has 0 spiro atoms. The Bertz CT molecular complexity index is 719. The van der Waals surface area contributed by atoms with Crippen LogP contribution in [0.15, 0.2) is 30.3 Å². The van der Waals surface area contributed by atoms with E-state index in [1.54, 1.807) is 4.90 Å². The molecule has 0 saturated carbocycles. The second-order valence-electron chi connectivity index (χ2n) is 8.36. The van der Waals surface area contributed by atoms with Crippen molar-refractivity contribution in [3.63, 3.8) is 0 Å². The van der Waals surface area contributed by atoms with Crippen LogP contribution in [0.5, 0.6) is 0 Å². The van der Waals surface area contributed by atoms with Gasteiger partial charge in [0.2, 0.25) is 11.8 Å². The summed E-state index contributed by atoms with van der Waals surface area (Å²) in [5, 5.41) is 23.5. The van der Waals surface area contributed by atoms with Crippen molar-refractivity contribution in [2.24, 2.45) is 5.92 Å². The first kappa shape index (κ1) is 23.5. The van der Waals surface area contributed by atoms with Crippen LogP contribution in [0.4, 0.5) is 5.69 Å². The molecule has 8 nitrogen and oxygen atoms in total. The average Bonchev–Trinajstić information content (AvgIpc) is 3.07. The SMILES string of the molecule is CCC(CC)C(=O)NC[C@H]1O[C@@H](CC(=O)N2CCN(c3ccccc3)CC2)[C@H](O)[C@@H]1O. The van der Waals surface area contributed by atoms with Gasteiger partial charge in [-0.1, -0.05) is 32.0 Å². The second kappa shape index (κ2) is 10.9. The summed E-state index contributed by atoms with van der Waals surface area (Å²) in [5.41, 5.74) is 1.14. The van der Waals surface area contributed by atoms with Gasteiger partial charge >= 0.3 is 0 Å². The van der Waals surface area contributed by atoms with E-state index in [1.165, 1.54) is 0 Å². The lowest BCUT2D eigenvalue weighted by Gasteiger charge is -2.36. The summed E-state index contributed by atoms with van der Waals surface area (Å²) in [7, 11) is 0. The molecule has 0 aliphatic carbocycles. The highest BCUT2D eigenvalue weighted by Crippen LogP contribution is 2.25. The smallest absolute Gasteiger partial charge is 0.225 e. The number of hydrogen-bond donors (Lipinski definition) is 3. The van der Waals surface area contributed by atoms with Crippen molar-refractivity contribution in [2.75, 3.05) is 37.6 Å². The maximum atomic E-state index is 12.8. The third kappa shape index (κ3) is 5.75. The van der Waals surface area contributed by atoms with Crippen molar-refractivity contribution >= 4 is 17.5 Å². The molecule has 31 heavy (non-hydrogen) atoms. The largest absolute Gasteiger partial charge is 0.388 e. The summed E-state index contributed by atoms with van der Waals surface area (Å²) in [4.78, 5) is 28.9. The van der Waals surface area contributed by atoms with Gasteiger partial charge in [0.05, 0.1) is 12.5 Å². The Balaban J connectivity index is 1.46. The van der Waals surface area contributed by atoms with Crippen molar-refractivity contribution in [3.05, 3.63) is 30.3 Å². The lowest BCUT2D eigenvalue weighted by atomic mass is 10.0. The fraction of sp³-hybridized carbons (Fsp3) is 0.652. The number of carbonyl (C=O) groups is 2. The highest BCUT2D eigenvalue weighted by Gasteiger charge is 2.44. The fourth-order valence-corrected chi connectivity index (χ4v) is 4.32. The molecule has 2 saturated heterocycles. The molecule has 8 heteroatoms. The van der Waals surface area contributed by atoms with Crippen LogP contribution in [0.1, 0.15) is 33.1 Å². The molecule has 4 atom stereocenters. The molecule has 0 bridgehead atoms. The molecular formula is C23H35N3O5. The van der Waals surface area contributed by atoms with Crippen molar-refractivity contribution in [2.45, 2.75) is 57.5 Å². The van der Waals surface area contributed by atoms with Crippen LogP contribution in [-0.4, -0.2) is 84.1 Å². The maximum absolute atomic E-state index is 12.8. The summed E-state index contributed by atoms with van der Waals surface area (Å²) in [6, 6.07) is 10.1. The van der Waals surface area contributed by atoms with Crippen LogP contribution in [0, 0.1) is 5.92 Å². The van der Waals surface area contributed by atoms with Gasteiger partial charge in [0, 0.05) is 44.3 Å². The first-order chi connectivity index (χ1) is 14.9. The third-order valence-electron chi connectivity index (χ3n) is 6.42. The lowest BCUT2D eigenvalue weighted by molar-refractivity contribution is -0.136. The Kier molecular flexibility index (Phi) is 8.28. The third-order valence-corrected chi connectivity index (χ3v) is 6.42. The van der Waals surface area contributed by atoms with E-state index < -0.39 is 24.4 Å². The van der Waals surface area contributed by atoms with E-state index in [0.29, 0.717) is 13.1 Å². The maximum Gasteiger partial charge on any atom is 0.225 e. The monoisotopic (exact) mass is 433 g/mol. The number of nitrogens with one attached hydrogen (secondary N) is 1. The van der Waals surface area contributed by atoms with Crippen LogP contribution in [0.25, 0.3) is 0 Å². The quantitative estimate of drug-likeness (QED) is 0.560. The van der Waals surface area contributed by atoms with Gasteiger partial charge < -0.3 is 30.1 Å². The predicted molar refractivity (Wildman–Crippen MR) is 118 cm³/mol. The zero-order valence-electron chi connectivity index (χ0n) is 18.4. The van der Waals surface area contributed by atoms with E-state index in [2.05, 4.69) is 22.3 Å². The molecule has 2 heterocycles. The number of para-hydroxylation sites is 1. The molecule has 2 aliphatic rings. The van der Waals surface area contributed by atoms with Gasteiger partial charge in [-0.05, 0) is 25.0 Å². The van der Waals surface area contributed by atoms with Crippen LogP contribution >= 0.6 is 0 Å². The van der Waals surface area contributed by atoms with Gasteiger partial charge in [-0.3, -0.25) is 9.59 Å². The summed E-state index contributed by atoms with van der Waals surface area (Å²) in [5.74, 6) is -0.243. The molecule has 1 aromatic carbocycles. The van der Waals surface area contributed by atoms with Gasteiger partial charge in [-0.2, -0.15) is 0 Å². The highest BCUT2D eigenvalue weighted by molar-refractivity contribution is 5.78. The number of aliphatic hydroxyl groups excluding tert-OH is 2. The van der Waals surface area contributed by atoms with Crippen LogP contribution in [0.3, 0.4) is 0 Å². The van der Waals surface area contributed by atoms with Gasteiger partial charge in [0.15, 0.2) is 0 Å². The lowest BCUT2D eigenvalue weighted by Crippen LogP contribution is -2.49. The van der Waals surface area contributed by atoms with Crippen molar-refractivity contribution in [3.8, 4) is 0 Å². The average molecular weight is 434 g/mol. The zero-order chi connectivity index (χ0) is 22.4. The minimum atomic E-state index is -1.15. The Hall–Kier alpha value is -2.16. The summed E-state index contributed by atoms with van der Waals surface area (Å²) >= 11 is 0. The number of nitrogens with zero attached hydrogens (tertiary/aromatic N) is 2. The molecule has 2 aliphatic heterocycles. The standard InChI is InChI=1S/C23H35N3O5/c1-3-16(4-2)23(30)24-15-19-22(29)21(28)18(31-19)14-20(27)26-12-10-25(11-13-26)17-8-6-5-7-9-17/h5-9,16,18-19,21-22,28-29H,3-4,10-15H2,1-2H3,(H,24,30)/t18-,19+,21-,22+/m0/s1. The molecule has 0 aromatic heterocycles. The van der Waals surface area contributed by atoms with Gasteiger partial charge in [-0.15, -0.1) is 0 Å². The molecule has 172 valence electrons. The fourth-order valence-electron chi connectivity index (χ4n) is 4.32. The minimum absolute atomic E-state index is 0.0144. The summed E-state index contributed by atoms with van der Waals surface area (Å²) in [6.07, 6.45) is -2.27. The second-order valence-corrected chi connectivity index (χ2v) is 8.36. The number of piperazine rings is 1. The molecule has 0 unspecified atom stereocenters. The van der Waals surface area contributed by atoms with E-state index in [4.69, 9.17) is 4.74 Å². The number of hydrogen-bond acceptors (Lipinski definition) is 6. The van der Waals surface area contributed by atoms with E-state index in [0.717, 1.165) is 31.6 Å². The number of aliphatic hydroxyl groups is 2. The first-order valence-corrected chi connectivity index (χ1v) is 11.3. The van der Waals surface area contributed by atoms with Gasteiger partial charge in [0.25, 0.3) is 0 Å². The van der Waals surface area contributed by atoms with Crippen LogP contribution in [0.2, 0.25) is 0 Å². The Morgan fingerprint density at radius 2 is 1.65 bits per heavy atom. The van der Waals surface area contributed by atoms with Crippen LogP contribution < -0.4 is 10.2 Å². The molecule has 3 N–H and O–H groups in total. The van der Waals surface area contributed by atoms with Crippen LogP contribution in [-0.2, 0) is 14.3 Å². The van der Waals surface area contributed by atoms with E-state index in [-0.39, 0.29) is 30.7 Å². The number of rotatable bonds is 8. The van der Waals surface area contributed by atoms with E-state index >= 15 is 0 Å². The molecule has 2 amide bonds. The number of ether oxygens (including phenoxy) is 1. The Morgan fingerprint density at radius 1 is 1.03 bits per heavy atom. The van der Waals surface area contributed by atoms with Crippen molar-refractivity contribution in [1.29, 1.82) is 0 Å². The molecule has 1 aromatic rings. The van der Waals surface area contributed by atoms with Crippen molar-refractivity contribution < 1.29 is 24.5 Å². The highest BCUT2D eigenvalue weighted by atomic mass is 16.5. The van der Waals surface area contributed by atoms with Gasteiger partial charge in [-0.25, -0.2) is 0 Å². The zero-order valence-corrected chi connectivity index (χ0v) is 18.4. The first-order valence-electron chi connectivity index (χ1n) is 11.3. The van der Waals surface area contributed by atoms with Gasteiger partial charge in [0.1, 0.15) is 18.3 Å². The summed E-state index contributed by atoms with van der Waals surface area (Å²) in [6.45, 7) is 6.74. The number of anilines is 1. The van der Waals surface area contributed by atoms with Crippen molar-refractivity contribution in [1.82, 2.24) is 10.2 Å². The predicted octanol–water partition coefficient (Wildman–Crippen LogP) is 0.767. The molecule has 2 fully saturated rings. The number of amides is 2. The molecule has 3 rings (SSSR count). The Labute approximate surface area is 184 Å².